The third-order valence-electron chi connectivity index (χ3n) is 2.41. The second-order valence-electron chi connectivity index (χ2n) is 3.87. The van der Waals surface area contributed by atoms with E-state index in [0.29, 0.717) is 6.61 Å². The van der Waals surface area contributed by atoms with Gasteiger partial charge in [0, 0.05) is 0 Å². The molecule has 3 heteroatoms. The molecule has 2 aromatic rings. The van der Waals surface area contributed by atoms with Crippen molar-refractivity contribution in [3.63, 3.8) is 0 Å². The van der Waals surface area contributed by atoms with E-state index in [0.717, 1.165) is 16.8 Å². The summed E-state index contributed by atoms with van der Waals surface area (Å²) in [6, 6.07) is 19.9. The largest absolute Gasteiger partial charge is 0.490 e. The molecule has 0 amide bonds. The molecule has 0 aliphatic heterocycles. The van der Waals surface area contributed by atoms with Crippen LogP contribution in [0.1, 0.15) is 12.5 Å². The lowest BCUT2D eigenvalue weighted by atomic mass is 10.2. The van der Waals surface area contributed by atoms with Crippen LogP contribution in [-0.4, -0.2) is 6.61 Å². The smallest absolute Gasteiger partial charge is 0.155 e. The zero-order valence-corrected chi connectivity index (χ0v) is 11.9. The van der Waals surface area contributed by atoms with Crippen molar-refractivity contribution in [2.24, 2.45) is 0 Å². The van der Waals surface area contributed by atoms with E-state index >= 15 is 0 Å². The molecule has 0 aliphatic rings. The number of para-hydroxylation sites is 1. The van der Waals surface area contributed by atoms with Crippen molar-refractivity contribution in [3.05, 3.63) is 71.7 Å². The highest BCUT2D eigenvalue weighted by atomic mass is 31.1. The average Bonchev–Trinajstić information content (AvgIpc) is 2.47. The number of rotatable bonds is 6. The molecule has 0 heterocycles. The third kappa shape index (κ3) is 4.76. The molecule has 1 unspecified atom stereocenters. The minimum Gasteiger partial charge on any atom is -0.490 e. The lowest BCUT2D eigenvalue weighted by molar-refractivity contribution is 0.256. The third-order valence-corrected chi connectivity index (χ3v) is 3.24. The summed E-state index contributed by atoms with van der Waals surface area (Å²) in [4.78, 5) is 0. The van der Waals surface area contributed by atoms with E-state index in [2.05, 4.69) is 0 Å². The fourth-order valence-electron chi connectivity index (χ4n) is 1.55. The Labute approximate surface area is 115 Å². The van der Waals surface area contributed by atoms with Gasteiger partial charge in [0.2, 0.25) is 0 Å². The number of hydrogen-bond acceptors (Lipinski definition) is 2. The SMILES string of the molecule is CCOC(=Cc1ccccc1)POc1ccccc1. The van der Waals surface area contributed by atoms with E-state index in [1.807, 2.05) is 73.7 Å². The highest BCUT2D eigenvalue weighted by Gasteiger charge is 2.01. The summed E-state index contributed by atoms with van der Waals surface area (Å²) in [5.74, 6) is 0.861. The van der Waals surface area contributed by atoms with Gasteiger partial charge in [-0.3, -0.25) is 0 Å². The molecule has 0 saturated heterocycles. The van der Waals surface area contributed by atoms with Crippen LogP contribution in [0.15, 0.2) is 66.2 Å². The number of hydrogen-bond donors (Lipinski definition) is 0. The van der Waals surface area contributed by atoms with Gasteiger partial charge in [-0.25, -0.2) is 0 Å². The van der Waals surface area contributed by atoms with Crippen molar-refractivity contribution < 1.29 is 9.26 Å². The van der Waals surface area contributed by atoms with Crippen LogP contribution in [0, 0.1) is 0 Å². The molecule has 0 radical (unpaired) electrons. The molecule has 0 fully saturated rings. The van der Waals surface area contributed by atoms with Crippen molar-refractivity contribution in [1.82, 2.24) is 0 Å². The van der Waals surface area contributed by atoms with Crippen LogP contribution in [-0.2, 0) is 4.74 Å². The van der Waals surface area contributed by atoms with Crippen LogP contribution in [0.25, 0.3) is 6.08 Å². The van der Waals surface area contributed by atoms with E-state index in [1.54, 1.807) is 0 Å². The van der Waals surface area contributed by atoms with Crippen molar-refractivity contribution >= 4 is 14.9 Å². The zero-order valence-electron chi connectivity index (χ0n) is 10.9. The second kappa shape index (κ2) is 7.60. The van der Waals surface area contributed by atoms with Gasteiger partial charge in [-0.1, -0.05) is 48.5 Å². The van der Waals surface area contributed by atoms with Gasteiger partial charge in [0.05, 0.1) is 6.61 Å². The molecule has 2 nitrogen and oxygen atoms in total. The molecule has 2 rings (SSSR count). The Hall–Kier alpha value is -1.79. The lowest BCUT2D eigenvalue weighted by Gasteiger charge is -2.10. The molecule has 0 spiro atoms. The quantitative estimate of drug-likeness (QED) is 0.561. The topological polar surface area (TPSA) is 18.5 Å². The number of ether oxygens (including phenoxy) is 1. The summed E-state index contributed by atoms with van der Waals surface area (Å²) >= 11 is 0. The average molecular weight is 272 g/mol. The van der Waals surface area contributed by atoms with Gasteiger partial charge in [0.15, 0.2) is 5.50 Å². The number of benzene rings is 2. The highest BCUT2D eigenvalue weighted by Crippen LogP contribution is 2.30. The Balaban J connectivity index is 2.02. The minimum absolute atomic E-state index is 0.172. The van der Waals surface area contributed by atoms with Gasteiger partial charge in [-0.15, -0.1) is 0 Å². The molecule has 0 aliphatic carbocycles. The van der Waals surface area contributed by atoms with Crippen LogP contribution in [0.5, 0.6) is 5.75 Å². The van der Waals surface area contributed by atoms with Crippen LogP contribution in [0.4, 0.5) is 0 Å². The Bertz CT molecular complexity index is 509. The first-order valence-corrected chi connectivity index (χ1v) is 7.17. The molecule has 0 saturated carbocycles. The maximum atomic E-state index is 5.73. The van der Waals surface area contributed by atoms with E-state index < -0.39 is 0 Å². The van der Waals surface area contributed by atoms with Crippen LogP contribution in [0.2, 0.25) is 0 Å². The predicted molar refractivity (Wildman–Crippen MR) is 81.4 cm³/mol. The molecular formula is C16H17O2P. The normalized spacial score (nSPS) is 11.7. The Morgan fingerprint density at radius 1 is 1.00 bits per heavy atom. The maximum Gasteiger partial charge on any atom is 0.155 e. The Kier molecular flexibility index (Phi) is 5.46. The van der Waals surface area contributed by atoms with Gasteiger partial charge >= 0.3 is 0 Å². The molecule has 19 heavy (non-hydrogen) atoms. The summed E-state index contributed by atoms with van der Waals surface area (Å²) < 4.78 is 11.3. The van der Waals surface area contributed by atoms with Gasteiger partial charge in [-0.05, 0) is 30.7 Å². The summed E-state index contributed by atoms with van der Waals surface area (Å²) in [7, 11) is 0.172. The van der Waals surface area contributed by atoms with Gasteiger partial charge in [0.25, 0.3) is 0 Å². The van der Waals surface area contributed by atoms with Crippen molar-refractivity contribution in [3.8, 4) is 5.75 Å². The fourth-order valence-corrected chi connectivity index (χ4v) is 2.34. The van der Waals surface area contributed by atoms with E-state index in [9.17, 15) is 0 Å². The monoisotopic (exact) mass is 272 g/mol. The molecule has 0 aromatic heterocycles. The maximum absolute atomic E-state index is 5.73. The summed E-state index contributed by atoms with van der Waals surface area (Å²) in [6.07, 6.45) is 2.02. The summed E-state index contributed by atoms with van der Waals surface area (Å²) in [5.41, 5.74) is 1.98. The second-order valence-corrected chi connectivity index (χ2v) is 4.77. The van der Waals surface area contributed by atoms with Crippen LogP contribution >= 0.6 is 8.81 Å². The molecule has 98 valence electrons. The molecule has 0 bridgehead atoms. The molecule has 0 N–H and O–H groups in total. The first kappa shape index (κ1) is 13.6. The van der Waals surface area contributed by atoms with E-state index in [-0.39, 0.29) is 8.81 Å². The van der Waals surface area contributed by atoms with E-state index in [1.165, 1.54) is 0 Å². The van der Waals surface area contributed by atoms with Gasteiger partial charge in [0.1, 0.15) is 14.6 Å². The standard InChI is InChI=1S/C16H17O2P/c1-2-17-16(13-14-9-5-3-6-10-14)19-18-15-11-7-4-8-12-15/h3-13,19H,2H2,1H3. The summed E-state index contributed by atoms with van der Waals surface area (Å²) in [5, 5.41) is 0. The Morgan fingerprint density at radius 3 is 2.26 bits per heavy atom. The Morgan fingerprint density at radius 2 is 1.63 bits per heavy atom. The first-order valence-electron chi connectivity index (χ1n) is 6.26. The van der Waals surface area contributed by atoms with Gasteiger partial charge in [-0.2, -0.15) is 0 Å². The van der Waals surface area contributed by atoms with E-state index in [4.69, 9.17) is 9.26 Å². The van der Waals surface area contributed by atoms with Crippen molar-refractivity contribution in [2.75, 3.05) is 6.61 Å². The fraction of sp³-hybridized carbons (Fsp3) is 0.125. The summed E-state index contributed by atoms with van der Waals surface area (Å²) in [6.45, 7) is 2.62. The van der Waals surface area contributed by atoms with Gasteiger partial charge < -0.3 is 9.26 Å². The minimum atomic E-state index is 0.172. The molecule has 2 aromatic carbocycles. The zero-order chi connectivity index (χ0) is 13.3. The predicted octanol–water partition coefficient (Wildman–Crippen LogP) is 4.69. The lowest BCUT2D eigenvalue weighted by Crippen LogP contribution is -1.89. The van der Waals surface area contributed by atoms with Crippen molar-refractivity contribution in [1.29, 1.82) is 0 Å². The first-order chi connectivity index (χ1) is 9.38. The van der Waals surface area contributed by atoms with Crippen molar-refractivity contribution in [2.45, 2.75) is 6.92 Å². The highest BCUT2D eigenvalue weighted by molar-refractivity contribution is 7.38. The van der Waals surface area contributed by atoms with Crippen LogP contribution in [0.3, 0.4) is 0 Å². The molecular weight excluding hydrogens is 255 g/mol. The molecule has 1 atom stereocenters. The van der Waals surface area contributed by atoms with Crippen LogP contribution < -0.4 is 4.52 Å².